The Balaban J connectivity index is 2.28. The van der Waals surface area contributed by atoms with Crippen LogP contribution in [0.25, 0.3) is 5.57 Å². The normalized spacial score (nSPS) is 11.4. The smallest absolute Gasteiger partial charge is 0.257 e. The van der Waals surface area contributed by atoms with Gasteiger partial charge in [-0.05, 0) is 59.0 Å². The van der Waals surface area contributed by atoms with Gasteiger partial charge >= 0.3 is 0 Å². The Bertz CT molecular complexity index is 645. The largest absolute Gasteiger partial charge is 0.321 e. The van der Waals surface area contributed by atoms with Gasteiger partial charge in [-0.2, -0.15) is 0 Å². The van der Waals surface area contributed by atoms with Crippen LogP contribution in [0.1, 0.15) is 36.2 Å². The van der Waals surface area contributed by atoms with Crippen LogP contribution < -0.4 is 5.32 Å². The molecule has 0 fully saturated rings. The number of allylic oxidation sites excluding steroid dienone is 2. The Hall–Kier alpha value is -1.14. The number of para-hydroxylation sites is 1. The Morgan fingerprint density at radius 2 is 2.05 bits per heavy atom. The maximum Gasteiger partial charge on any atom is 0.257 e. The lowest BCUT2D eigenvalue weighted by molar-refractivity contribution is 0.102. The summed E-state index contributed by atoms with van der Waals surface area (Å²) in [6, 6.07) is 9.78. The standard InChI is InChI=1S/C16H16INOS/c1-3-6-11(2)12-7-4-5-8-14(12)18-16(19)13-9-10-20-15(13)17/h4-10H,3H2,1-2H3,(H,18,19)/b11-6-. The molecule has 2 nitrogen and oxygen atoms in total. The summed E-state index contributed by atoms with van der Waals surface area (Å²) < 4.78 is 1.01. The molecular weight excluding hydrogens is 381 g/mol. The second kappa shape index (κ2) is 7.04. The monoisotopic (exact) mass is 397 g/mol. The van der Waals surface area contributed by atoms with E-state index in [1.54, 1.807) is 11.3 Å². The van der Waals surface area contributed by atoms with Crippen LogP contribution >= 0.6 is 33.9 Å². The zero-order valence-corrected chi connectivity index (χ0v) is 14.4. The molecule has 1 aromatic carbocycles. The van der Waals surface area contributed by atoms with Crippen molar-refractivity contribution in [3.63, 3.8) is 0 Å². The first-order valence-corrected chi connectivity index (χ1v) is 8.39. The quantitative estimate of drug-likeness (QED) is 0.686. The first kappa shape index (κ1) is 15.3. The van der Waals surface area contributed by atoms with E-state index in [-0.39, 0.29) is 5.91 Å². The number of halogens is 1. The highest BCUT2D eigenvalue weighted by Crippen LogP contribution is 2.26. The fourth-order valence-electron chi connectivity index (χ4n) is 2.00. The SMILES string of the molecule is CC/C=C(/C)c1ccccc1NC(=O)c1ccsc1I. The molecule has 0 unspecified atom stereocenters. The molecule has 4 heteroatoms. The molecule has 20 heavy (non-hydrogen) atoms. The molecule has 0 aliphatic heterocycles. The molecule has 0 saturated carbocycles. The second-order valence-corrected chi connectivity index (χ2v) is 7.13. The summed E-state index contributed by atoms with van der Waals surface area (Å²) >= 11 is 3.77. The van der Waals surface area contributed by atoms with Crippen LogP contribution in [0.4, 0.5) is 5.69 Å². The van der Waals surface area contributed by atoms with Gasteiger partial charge in [-0.3, -0.25) is 4.79 Å². The predicted molar refractivity (Wildman–Crippen MR) is 95.4 cm³/mol. The molecule has 0 radical (unpaired) electrons. The van der Waals surface area contributed by atoms with Gasteiger partial charge in [0.25, 0.3) is 5.91 Å². The number of thiophene rings is 1. The first-order chi connectivity index (χ1) is 9.63. The molecule has 0 aliphatic rings. The van der Waals surface area contributed by atoms with Crippen molar-refractivity contribution in [2.75, 3.05) is 5.32 Å². The lowest BCUT2D eigenvalue weighted by Gasteiger charge is -2.11. The van der Waals surface area contributed by atoms with Crippen LogP contribution in [0.3, 0.4) is 0 Å². The zero-order chi connectivity index (χ0) is 14.5. The lowest BCUT2D eigenvalue weighted by Crippen LogP contribution is -2.13. The Morgan fingerprint density at radius 3 is 2.70 bits per heavy atom. The van der Waals surface area contributed by atoms with Crippen LogP contribution in [0.15, 0.2) is 41.8 Å². The van der Waals surface area contributed by atoms with Crippen molar-refractivity contribution in [3.8, 4) is 0 Å². The van der Waals surface area contributed by atoms with Crippen molar-refractivity contribution in [1.82, 2.24) is 0 Å². The van der Waals surface area contributed by atoms with Gasteiger partial charge in [0.2, 0.25) is 0 Å². The van der Waals surface area contributed by atoms with Crippen molar-refractivity contribution < 1.29 is 4.79 Å². The van der Waals surface area contributed by atoms with Crippen LogP contribution in [0.5, 0.6) is 0 Å². The first-order valence-electron chi connectivity index (χ1n) is 6.44. The Morgan fingerprint density at radius 1 is 1.30 bits per heavy atom. The number of carbonyl (C=O) groups is 1. The van der Waals surface area contributed by atoms with Crippen molar-refractivity contribution in [1.29, 1.82) is 0 Å². The molecule has 0 spiro atoms. The van der Waals surface area contributed by atoms with Crippen LogP contribution in [-0.4, -0.2) is 5.91 Å². The molecule has 2 rings (SSSR count). The molecule has 0 saturated heterocycles. The average molecular weight is 397 g/mol. The van der Waals surface area contributed by atoms with E-state index < -0.39 is 0 Å². The van der Waals surface area contributed by atoms with Crippen molar-refractivity contribution in [2.45, 2.75) is 20.3 Å². The van der Waals surface area contributed by atoms with E-state index in [0.717, 1.165) is 26.1 Å². The minimum Gasteiger partial charge on any atom is -0.321 e. The average Bonchev–Trinajstić information content (AvgIpc) is 2.86. The third-order valence-corrected chi connectivity index (χ3v) is 5.02. The summed E-state index contributed by atoms with van der Waals surface area (Å²) in [5.74, 6) is -0.0487. The number of benzene rings is 1. The van der Waals surface area contributed by atoms with E-state index in [0.29, 0.717) is 0 Å². The van der Waals surface area contributed by atoms with Crippen molar-refractivity contribution >= 4 is 51.1 Å². The van der Waals surface area contributed by atoms with Crippen molar-refractivity contribution in [3.05, 3.63) is 55.8 Å². The van der Waals surface area contributed by atoms with Gasteiger partial charge in [-0.15, -0.1) is 11.3 Å². The van der Waals surface area contributed by atoms with E-state index in [4.69, 9.17) is 0 Å². The van der Waals surface area contributed by atoms with Gasteiger partial charge in [-0.1, -0.05) is 31.2 Å². The molecule has 0 bridgehead atoms. The molecule has 0 aliphatic carbocycles. The van der Waals surface area contributed by atoms with Gasteiger partial charge in [-0.25, -0.2) is 0 Å². The highest BCUT2D eigenvalue weighted by atomic mass is 127. The summed E-state index contributed by atoms with van der Waals surface area (Å²) in [6.07, 6.45) is 3.15. The summed E-state index contributed by atoms with van der Waals surface area (Å²) in [4.78, 5) is 12.3. The zero-order valence-electron chi connectivity index (χ0n) is 11.4. The van der Waals surface area contributed by atoms with Crippen LogP contribution in [0, 0.1) is 2.88 Å². The van der Waals surface area contributed by atoms with E-state index in [1.807, 2.05) is 35.7 Å². The maximum atomic E-state index is 12.3. The number of hydrogen-bond acceptors (Lipinski definition) is 2. The number of anilines is 1. The van der Waals surface area contributed by atoms with E-state index in [9.17, 15) is 4.79 Å². The van der Waals surface area contributed by atoms with Gasteiger partial charge in [0, 0.05) is 11.3 Å². The fraction of sp³-hybridized carbons (Fsp3) is 0.188. The van der Waals surface area contributed by atoms with Gasteiger partial charge in [0.15, 0.2) is 0 Å². The van der Waals surface area contributed by atoms with E-state index in [1.165, 1.54) is 5.57 Å². The fourth-order valence-corrected chi connectivity index (χ4v) is 3.47. The van der Waals surface area contributed by atoms with E-state index >= 15 is 0 Å². The minimum atomic E-state index is -0.0487. The van der Waals surface area contributed by atoms with Gasteiger partial charge in [0.05, 0.1) is 8.45 Å². The molecular formula is C16H16INOS. The molecule has 1 heterocycles. The molecule has 1 N–H and O–H groups in total. The second-order valence-electron chi connectivity index (χ2n) is 4.40. The summed E-state index contributed by atoms with van der Waals surface area (Å²) in [7, 11) is 0. The van der Waals surface area contributed by atoms with Crippen LogP contribution in [0.2, 0.25) is 0 Å². The van der Waals surface area contributed by atoms with E-state index in [2.05, 4.69) is 47.8 Å². The number of amides is 1. The summed E-state index contributed by atoms with van der Waals surface area (Å²) in [5, 5.41) is 4.95. The van der Waals surface area contributed by atoms with Crippen LogP contribution in [-0.2, 0) is 0 Å². The Labute approximate surface area is 137 Å². The number of nitrogens with one attached hydrogen (secondary N) is 1. The van der Waals surface area contributed by atoms with Gasteiger partial charge < -0.3 is 5.32 Å². The van der Waals surface area contributed by atoms with Crippen molar-refractivity contribution in [2.24, 2.45) is 0 Å². The Kier molecular flexibility index (Phi) is 5.37. The maximum absolute atomic E-state index is 12.3. The van der Waals surface area contributed by atoms with Gasteiger partial charge in [0.1, 0.15) is 0 Å². The number of rotatable bonds is 4. The highest BCUT2D eigenvalue weighted by molar-refractivity contribution is 14.1. The number of hydrogen-bond donors (Lipinski definition) is 1. The summed E-state index contributed by atoms with van der Waals surface area (Å²) in [6.45, 7) is 4.18. The summed E-state index contributed by atoms with van der Waals surface area (Å²) in [5.41, 5.74) is 3.86. The lowest BCUT2D eigenvalue weighted by atomic mass is 10.0. The topological polar surface area (TPSA) is 29.1 Å². The molecule has 1 aromatic heterocycles. The third-order valence-electron chi connectivity index (χ3n) is 2.97. The molecule has 0 atom stereocenters. The predicted octanol–water partition coefficient (Wildman–Crippen LogP) is 5.42. The molecule has 104 valence electrons. The highest BCUT2D eigenvalue weighted by Gasteiger charge is 2.13. The molecule has 2 aromatic rings. The molecule has 1 amide bonds. The third kappa shape index (κ3) is 3.49. The minimum absolute atomic E-state index is 0.0487. The number of carbonyl (C=O) groups excluding carboxylic acids is 1.